The molecule has 0 atom stereocenters. The van der Waals surface area contributed by atoms with Crippen molar-refractivity contribution in [1.29, 1.82) is 0 Å². The molecule has 0 bridgehead atoms. The molecule has 22 heavy (non-hydrogen) atoms. The van der Waals surface area contributed by atoms with E-state index in [0.717, 1.165) is 21.2 Å². The number of benzene rings is 1. The molecule has 6 heteroatoms. The molecule has 0 saturated heterocycles. The normalized spacial score (nSPS) is 10.7. The third-order valence-electron chi connectivity index (χ3n) is 2.83. The summed E-state index contributed by atoms with van der Waals surface area (Å²) in [6.07, 6.45) is 4.86. The number of nitrogens with zero attached hydrogens (tertiary/aromatic N) is 2. The van der Waals surface area contributed by atoms with Crippen LogP contribution in [-0.2, 0) is 4.79 Å². The Kier molecular flexibility index (Phi) is 5.66. The number of carbonyl (C=O) groups is 1. The number of amides is 1. The van der Waals surface area contributed by atoms with E-state index in [4.69, 9.17) is 4.74 Å². The average Bonchev–Trinajstić information content (AvgIpc) is 2.47. The van der Waals surface area contributed by atoms with Gasteiger partial charge in [-0.2, -0.15) is 5.10 Å². The highest BCUT2D eigenvalue weighted by atomic mass is 79.9. The van der Waals surface area contributed by atoms with Crippen molar-refractivity contribution in [2.45, 2.75) is 13.8 Å². The number of halogens is 1. The Hall–Kier alpha value is -2.21. The van der Waals surface area contributed by atoms with Crippen molar-refractivity contribution in [3.8, 4) is 5.75 Å². The largest absolute Gasteiger partial charge is 0.482 e. The smallest absolute Gasteiger partial charge is 0.277 e. The third-order valence-corrected chi connectivity index (χ3v) is 3.42. The van der Waals surface area contributed by atoms with E-state index >= 15 is 0 Å². The second-order valence-electron chi connectivity index (χ2n) is 4.76. The first-order valence-corrected chi connectivity index (χ1v) is 7.47. The minimum atomic E-state index is -0.322. The van der Waals surface area contributed by atoms with Gasteiger partial charge in [-0.3, -0.25) is 9.78 Å². The molecule has 0 radical (unpaired) electrons. The topological polar surface area (TPSA) is 63.6 Å². The van der Waals surface area contributed by atoms with Gasteiger partial charge in [0.1, 0.15) is 5.75 Å². The van der Waals surface area contributed by atoms with E-state index < -0.39 is 0 Å². The third kappa shape index (κ3) is 4.66. The summed E-state index contributed by atoms with van der Waals surface area (Å²) < 4.78 is 6.38. The highest BCUT2D eigenvalue weighted by molar-refractivity contribution is 9.10. The van der Waals surface area contributed by atoms with Crippen LogP contribution in [0.3, 0.4) is 0 Å². The Bertz CT molecular complexity index is 664. The Balaban J connectivity index is 1.87. The van der Waals surface area contributed by atoms with Crippen LogP contribution in [0.4, 0.5) is 0 Å². The quantitative estimate of drug-likeness (QED) is 0.657. The lowest BCUT2D eigenvalue weighted by atomic mass is 10.1. The summed E-state index contributed by atoms with van der Waals surface area (Å²) in [5.74, 6) is 0.344. The van der Waals surface area contributed by atoms with Crippen molar-refractivity contribution in [3.05, 3.63) is 57.8 Å². The number of ether oxygens (including phenoxy) is 1. The molecule has 1 amide bonds. The number of hydrazone groups is 1. The molecule has 0 saturated carbocycles. The minimum Gasteiger partial charge on any atom is -0.482 e. The zero-order valence-electron chi connectivity index (χ0n) is 12.3. The fourth-order valence-corrected chi connectivity index (χ4v) is 2.67. The Labute approximate surface area is 137 Å². The number of aromatic nitrogens is 1. The molecule has 2 rings (SSSR count). The number of nitrogens with one attached hydrogen (secondary N) is 1. The zero-order valence-corrected chi connectivity index (χ0v) is 13.9. The number of rotatable bonds is 5. The Morgan fingerprint density at radius 3 is 2.77 bits per heavy atom. The van der Waals surface area contributed by atoms with Crippen LogP contribution in [0.25, 0.3) is 0 Å². The summed E-state index contributed by atoms with van der Waals surface area (Å²) in [4.78, 5) is 15.6. The van der Waals surface area contributed by atoms with Gasteiger partial charge in [0.2, 0.25) is 0 Å². The van der Waals surface area contributed by atoms with Gasteiger partial charge in [-0.05, 0) is 64.7 Å². The van der Waals surface area contributed by atoms with Crippen LogP contribution in [0.1, 0.15) is 16.7 Å². The lowest BCUT2D eigenvalue weighted by Crippen LogP contribution is -2.24. The van der Waals surface area contributed by atoms with Gasteiger partial charge >= 0.3 is 0 Å². The highest BCUT2D eigenvalue weighted by Crippen LogP contribution is 2.29. The molecule has 0 spiro atoms. The van der Waals surface area contributed by atoms with Gasteiger partial charge in [0.05, 0.1) is 10.7 Å². The Morgan fingerprint density at radius 1 is 1.36 bits per heavy atom. The summed E-state index contributed by atoms with van der Waals surface area (Å²) in [7, 11) is 0. The number of pyridine rings is 1. The molecule has 114 valence electrons. The fourth-order valence-electron chi connectivity index (χ4n) is 1.88. The molecular formula is C16H16BrN3O2. The molecule has 1 heterocycles. The maximum Gasteiger partial charge on any atom is 0.277 e. The summed E-state index contributed by atoms with van der Waals surface area (Å²) in [6, 6.07) is 7.53. The maximum absolute atomic E-state index is 11.7. The van der Waals surface area contributed by atoms with Gasteiger partial charge in [-0.1, -0.05) is 6.07 Å². The van der Waals surface area contributed by atoms with Gasteiger partial charge in [0.15, 0.2) is 6.61 Å². The van der Waals surface area contributed by atoms with Gasteiger partial charge in [0, 0.05) is 12.4 Å². The average molecular weight is 362 g/mol. The second-order valence-corrected chi connectivity index (χ2v) is 5.61. The van der Waals surface area contributed by atoms with Crippen molar-refractivity contribution >= 4 is 28.1 Å². The van der Waals surface area contributed by atoms with Crippen LogP contribution in [0.2, 0.25) is 0 Å². The van der Waals surface area contributed by atoms with Crippen molar-refractivity contribution in [2.24, 2.45) is 5.10 Å². The molecule has 0 fully saturated rings. The number of hydrogen-bond acceptors (Lipinski definition) is 4. The van der Waals surface area contributed by atoms with Crippen molar-refractivity contribution < 1.29 is 9.53 Å². The van der Waals surface area contributed by atoms with Crippen LogP contribution >= 0.6 is 15.9 Å². The van der Waals surface area contributed by atoms with Crippen molar-refractivity contribution in [2.75, 3.05) is 6.61 Å². The summed E-state index contributed by atoms with van der Waals surface area (Å²) in [5, 5.41) is 3.87. The lowest BCUT2D eigenvalue weighted by molar-refractivity contribution is -0.123. The summed E-state index contributed by atoms with van der Waals surface area (Å²) in [5.41, 5.74) is 5.38. The standard InChI is InChI=1S/C16H16BrN3O2/c1-11-7-12(2)16(14(17)8-11)22-10-15(21)20-19-9-13-3-5-18-6-4-13/h3-9H,10H2,1-2H3,(H,20,21)/b19-9-. The minimum absolute atomic E-state index is 0.101. The molecule has 2 aromatic rings. The van der Waals surface area contributed by atoms with E-state index in [9.17, 15) is 4.79 Å². The van der Waals surface area contributed by atoms with Gasteiger partial charge in [0.25, 0.3) is 5.91 Å². The van der Waals surface area contributed by atoms with E-state index in [1.54, 1.807) is 30.7 Å². The number of carbonyl (C=O) groups excluding carboxylic acids is 1. The van der Waals surface area contributed by atoms with Crippen LogP contribution in [0.15, 0.2) is 46.2 Å². The predicted octanol–water partition coefficient (Wildman–Crippen LogP) is 2.99. The monoisotopic (exact) mass is 361 g/mol. The molecule has 0 aliphatic rings. The Morgan fingerprint density at radius 2 is 2.09 bits per heavy atom. The summed E-state index contributed by atoms with van der Waals surface area (Å²) in [6.45, 7) is 3.84. The number of aryl methyl sites for hydroxylation is 2. The van der Waals surface area contributed by atoms with E-state index in [0.29, 0.717) is 5.75 Å². The van der Waals surface area contributed by atoms with Crippen LogP contribution < -0.4 is 10.2 Å². The second kappa shape index (κ2) is 7.70. The molecule has 1 aromatic heterocycles. The SMILES string of the molecule is Cc1cc(C)c(OCC(=O)N/N=C\c2ccncc2)c(Br)c1. The molecule has 1 aromatic carbocycles. The van der Waals surface area contributed by atoms with Crippen LogP contribution in [0.5, 0.6) is 5.75 Å². The van der Waals surface area contributed by atoms with E-state index in [1.807, 2.05) is 26.0 Å². The molecular weight excluding hydrogens is 346 g/mol. The first kappa shape index (κ1) is 16.2. The maximum atomic E-state index is 11.7. The van der Waals surface area contributed by atoms with Gasteiger partial charge in [-0.25, -0.2) is 5.43 Å². The summed E-state index contributed by atoms with van der Waals surface area (Å²) >= 11 is 3.44. The van der Waals surface area contributed by atoms with Crippen molar-refractivity contribution in [1.82, 2.24) is 10.4 Å². The highest BCUT2D eigenvalue weighted by Gasteiger charge is 2.08. The fraction of sp³-hybridized carbons (Fsp3) is 0.188. The van der Waals surface area contributed by atoms with Gasteiger partial charge in [-0.15, -0.1) is 0 Å². The predicted molar refractivity (Wildman–Crippen MR) is 89.1 cm³/mol. The first-order valence-electron chi connectivity index (χ1n) is 6.68. The first-order chi connectivity index (χ1) is 10.6. The van der Waals surface area contributed by atoms with Crippen molar-refractivity contribution in [3.63, 3.8) is 0 Å². The van der Waals surface area contributed by atoms with E-state index in [-0.39, 0.29) is 12.5 Å². The molecule has 1 N–H and O–H groups in total. The lowest BCUT2D eigenvalue weighted by Gasteiger charge is -2.11. The van der Waals surface area contributed by atoms with Crippen LogP contribution in [0, 0.1) is 13.8 Å². The molecule has 0 aliphatic carbocycles. The number of hydrogen-bond donors (Lipinski definition) is 1. The van der Waals surface area contributed by atoms with Gasteiger partial charge < -0.3 is 4.74 Å². The molecule has 0 aliphatic heterocycles. The molecule has 0 unspecified atom stereocenters. The van der Waals surface area contributed by atoms with E-state index in [2.05, 4.69) is 31.4 Å². The molecule has 5 nitrogen and oxygen atoms in total. The van der Waals surface area contributed by atoms with E-state index in [1.165, 1.54) is 0 Å². The zero-order chi connectivity index (χ0) is 15.9. The van der Waals surface area contributed by atoms with Crippen LogP contribution in [-0.4, -0.2) is 23.7 Å².